The number of rotatable bonds is 3. The first-order valence-corrected chi connectivity index (χ1v) is 4.47. The predicted molar refractivity (Wildman–Crippen MR) is 54.8 cm³/mol. The minimum Gasteiger partial charge on any atom is -0.410 e. The van der Waals surface area contributed by atoms with E-state index in [1.54, 1.807) is 37.1 Å². The Bertz CT molecular complexity index is 367. The van der Waals surface area contributed by atoms with Crippen LogP contribution in [-0.2, 0) is 10.3 Å². The number of imidazole rings is 1. The summed E-state index contributed by atoms with van der Waals surface area (Å²) in [5, 5.41) is 14.3. The van der Waals surface area contributed by atoms with Crippen molar-refractivity contribution >= 4 is 11.6 Å². The lowest BCUT2D eigenvalue weighted by molar-refractivity contribution is -0.114. The molecule has 0 atom stereocenters. The third-order valence-electron chi connectivity index (χ3n) is 2.27. The molecule has 82 valence electrons. The van der Waals surface area contributed by atoms with E-state index in [1.807, 2.05) is 0 Å². The minimum atomic E-state index is -0.745. The predicted octanol–water partition coefficient (Wildman–Crippen LogP) is 0.194. The van der Waals surface area contributed by atoms with Crippen molar-refractivity contribution < 1.29 is 10.0 Å². The van der Waals surface area contributed by atoms with Gasteiger partial charge < -0.3 is 15.1 Å². The molecule has 2 N–H and O–H groups in total. The van der Waals surface area contributed by atoms with Gasteiger partial charge in [-0.2, -0.15) is 0 Å². The van der Waals surface area contributed by atoms with Crippen molar-refractivity contribution in [1.29, 1.82) is 0 Å². The molecule has 0 aliphatic rings. The van der Waals surface area contributed by atoms with Gasteiger partial charge in [0.15, 0.2) is 5.71 Å². The van der Waals surface area contributed by atoms with Gasteiger partial charge in [0.25, 0.3) is 5.91 Å². The number of carbonyl (C=O) groups excluding carboxylic acids is 1. The maximum Gasteiger partial charge on any atom is 0.271 e. The second-order valence-electron chi connectivity index (χ2n) is 3.56. The summed E-state index contributed by atoms with van der Waals surface area (Å²) in [5.74, 6) is -0.420. The molecule has 1 heterocycles. The number of amides is 1. The van der Waals surface area contributed by atoms with Crippen molar-refractivity contribution in [2.75, 3.05) is 7.05 Å². The van der Waals surface area contributed by atoms with Crippen molar-refractivity contribution in [3.05, 3.63) is 18.7 Å². The van der Waals surface area contributed by atoms with Gasteiger partial charge in [0.1, 0.15) is 0 Å². The lowest BCUT2D eigenvalue weighted by atomic mass is 9.97. The van der Waals surface area contributed by atoms with E-state index in [2.05, 4.69) is 15.5 Å². The molecule has 1 aromatic heterocycles. The van der Waals surface area contributed by atoms with Crippen LogP contribution in [0.5, 0.6) is 0 Å². The molecule has 0 fully saturated rings. The van der Waals surface area contributed by atoms with Crippen LogP contribution in [-0.4, -0.2) is 33.4 Å². The van der Waals surface area contributed by atoms with E-state index in [0.717, 1.165) is 0 Å². The maximum atomic E-state index is 11.4. The van der Waals surface area contributed by atoms with E-state index in [-0.39, 0.29) is 5.71 Å². The number of carbonyl (C=O) groups is 1. The van der Waals surface area contributed by atoms with Gasteiger partial charge in [-0.1, -0.05) is 5.16 Å². The molecular formula is C9H14N4O2. The molecular weight excluding hydrogens is 196 g/mol. The molecule has 1 amide bonds. The number of aromatic nitrogens is 2. The second-order valence-corrected chi connectivity index (χ2v) is 3.56. The van der Waals surface area contributed by atoms with E-state index in [9.17, 15) is 4.79 Å². The average molecular weight is 210 g/mol. The van der Waals surface area contributed by atoms with Gasteiger partial charge >= 0.3 is 0 Å². The summed E-state index contributed by atoms with van der Waals surface area (Å²) in [6.07, 6.45) is 4.86. The Morgan fingerprint density at radius 1 is 1.60 bits per heavy atom. The minimum absolute atomic E-state index is 0.0306. The largest absolute Gasteiger partial charge is 0.410 e. The normalized spacial score (nSPS) is 12.6. The molecule has 0 radical (unpaired) electrons. The fraction of sp³-hybridized carbons (Fsp3) is 0.444. The molecule has 0 saturated heterocycles. The molecule has 6 heteroatoms. The lowest BCUT2D eigenvalue weighted by Crippen LogP contribution is -2.44. The molecule has 1 aromatic rings. The summed E-state index contributed by atoms with van der Waals surface area (Å²) in [7, 11) is 1.48. The maximum absolute atomic E-state index is 11.4. The highest BCUT2D eigenvalue weighted by Gasteiger charge is 2.32. The molecule has 15 heavy (non-hydrogen) atoms. The monoisotopic (exact) mass is 210 g/mol. The first-order chi connectivity index (χ1) is 7.04. The van der Waals surface area contributed by atoms with Crippen LogP contribution in [0.2, 0.25) is 0 Å². The van der Waals surface area contributed by atoms with E-state index in [0.29, 0.717) is 0 Å². The Labute approximate surface area is 87.6 Å². The molecule has 0 aromatic carbocycles. The lowest BCUT2D eigenvalue weighted by Gasteiger charge is -2.25. The number of nitrogens with zero attached hydrogens (tertiary/aromatic N) is 3. The van der Waals surface area contributed by atoms with Crippen molar-refractivity contribution in [3.8, 4) is 0 Å². The van der Waals surface area contributed by atoms with Crippen LogP contribution in [0.1, 0.15) is 13.8 Å². The molecule has 6 nitrogen and oxygen atoms in total. The summed E-state index contributed by atoms with van der Waals surface area (Å²) in [6.45, 7) is 3.53. The molecule has 0 aliphatic heterocycles. The zero-order valence-corrected chi connectivity index (χ0v) is 8.93. The van der Waals surface area contributed by atoms with Crippen LogP contribution in [0, 0.1) is 0 Å². The standard InChI is InChI=1S/C9H14N4O2/c1-9(2,13-5-4-11-6-13)7(12-15)8(14)10-3/h4-6,15H,1-3H3,(H,10,14). The Morgan fingerprint density at radius 3 is 2.67 bits per heavy atom. The van der Waals surface area contributed by atoms with Gasteiger partial charge in [0.05, 0.1) is 11.9 Å². The van der Waals surface area contributed by atoms with Crippen LogP contribution >= 0.6 is 0 Å². The van der Waals surface area contributed by atoms with Crippen molar-refractivity contribution in [2.45, 2.75) is 19.4 Å². The summed E-state index contributed by atoms with van der Waals surface area (Å²) < 4.78 is 1.69. The number of oxime groups is 1. The summed E-state index contributed by atoms with van der Waals surface area (Å²) >= 11 is 0. The van der Waals surface area contributed by atoms with Gasteiger partial charge in [0, 0.05) is 19.4 Å². The Balaban J connectivity index is 3.09. The van der Waals surface area contributed by atoms with Crippen molar-refractivity contribution in [2.24, 2.45) is 5.16 Å². The third-order valence-corrected chi connectivity index (χ3v) is 2.27. The average Bonchev–Trinajstić information content (AvgIpc) is 2.71. The number of hydrogen-bond acceptors (Lipinski definition) is 4. The highest BCUT2D eigenvalue weighted by Crippen LogP contribution is 2.16. The molecule has 0 saturated carbocycles. The van der Waals surface area contributed by atoms with Crippen LogP contribution in [0.15, 0.2) is 23.9 Å². The first-order valence-electron chi connectivity index (χ1n) is 4.47. The fourth-order valence-electron chi connectivity index (χ4n) is 1.28. The van der Waals surface area contributed by atoms with Crippen LogP contribution < -0.4 is 5.32 Å². The number of nitrogens with one attached hydrogen (secondary N) is 1. The van der Waals surface area contributed by atoms with E-state index < -0.39 is 11.4 Å². The van der Waals surface area contributed by atoms with Gasteiger partial charge in [0.2, 0.25) is 0 Å². The zero-order valence-electron chi connectivity index (χ0n) is 8.93. The van der Waals surface area contributed by atoms with E-state index in [1.165, 1.54) is 7.05 Å². The summed E-state index contributed by atoms with van der Waals surface area (Å²) in [4.78, 5) is 15.3. The van der Waals surface area contributed by atoms with Gasteiger partial charge in [-0.05, 0) is 13.8 Å². The van der Waals surface area contributed by atoms with Crippen LogP contribution in [0.3, 0.4) is 0 Å². The van der Waals surface area contributed by atoms with Gasteiger partial charge in [-0.25, -0.2) is 4.98 Å². The summed E-state index contributed by atoms with van der Waals surface area (Å²) in [6, 6.07) is 0. The molecule has 0 spiro atoms. The molecule has 1 rings (SSSR count). The fourth-order valence-corrected chi connectivity index (χ4v) is 1.28. The highest BCUT2D eigenvalue weighted by atomic mass is 16.4. The topological polar surface area (TPSA) is 79.5 Å². The van der Waals surface area contributed by atoms with Crippen LogP contribution in [0.25, 0.3) is 0 Å². The van der Waals surface area contributed by atoms with E-state index >= 15 is 0 Å². The Morgan fingerprint density at radius 2 is 2.27 bits per heavy atom. The van der Waals surface area contributed by atoms with Gasteiger partial charge in [-0.15, -0.1) is 0 Å². The van der Waals surface area contributed by atoms with Crippen molar-refractivity contribution in [1.82, 2.24) is 14.9 Å². The first kappa shape index (κ1) is 11.2. The molecule has 0 unspecified atom stereocenters. The Kier molecular flexibility index (Phi) is 3.08. The summed E-state index contributed by atoms with van der Waals surface area (Å²) in [5.41, 5.74) is -0.714. The molecule has 0 bridgehead atoms. The van der Waals surface area contributed by atoms with Gasteiger partial charge in [-0.3, -0.25) is 4.79 Å². The second kappa shape index (κ2) is 4.12. The quantitative estimate of drug-likeness (QED) is 0.424. The smallest absolute Gasteiger partial charge is 0.271 e. The molecule has 0 aliphatic carbocycles. The third kappa shape index (κ3) is 1.98. The van der Waals surface area contributed by atoms with E-state index in [4.69, 9.17) is 5.21 Å². The highest BCUT2D eigenvalue weighted by molar-refractivity contribution is 6.41. The zero-order chi connectivity index (χ0) is 11.5. The van der Waals surface area contributed by atoms with Crippen LogP contribution in [0.4, 0.5) is 0 Å². The SMILES string of the molecule is CNC(=O)C(=NO)C(C)(C)n1ccnc1. The Hall–Kier alpha value is -1.85. The number of hydrogen-bond donors (Lipinski definition) is 2. The van der Waals surface area contributed by atoms with Crippen molar-refractivity contribution in [3.63, 3.8) is 0 Å².